The van der Waals surface area contributed by atoms with Crippen molar-refractivity contribution in [1.29, 1.82) is 0 Å². The number of rotatable bonds is 3. The van der Waals surface area contributed by atoms with E-state index in [9.17, 15) is 0 Å². The van der Waals surface area contributed by atoms with Gasteiger partial charge in [-0.15, -0.1) is 34.5 Å². The van der Waals surface area contributed by atoms with Gasteiger partial charge in [0.2, 0.25) is 0 Å². The molecule has 4 aromatic carbocycles. The molecule has 132 valence electrons. The molecule has 4 aromatic rings. The van der Waals surface area contributed by atoms with Crippen molar-refractivity contribution in [3.8, 4) is 11.1 Å². The van der Waals surface area contributed by atoms with Gasteiger partial charge in [0.15, 0.2) is 0 Å². The Morgan fingerprint density at radius 3 is 2.38 bits per heavy atom. The molecule has 0 nitrogen and oxygen atoms in total. The monoisotopic (exact) mass is 457 g/mol. The average Bonchev–Trinajstić information content (AvgIpc) is 3.12. The van der Waals surface area contributed by atoms with E-state index in [2.05, 4.69) is 86.6 Å². The molecule has 4 rings (SSSR count). The Bertz CT molecular complexity index is 1000. The molecule has 0 spiro atoms. The summed E-state index contributed by atoms with van der Waals surface area (Å²) in [6.07, 6.45) is 1.18. The van der Waals surface area contributed by atoms with Crippen LogP contribution in [0.2, 0.25) is 0 Å². The summed E-state index contributed by atoms with van der Waals surface area (Å²) in [6.45, 7) is 4.57. The Kier molecular flexibility index (Phi) is 7.04. The molecule has 0 aromatic heterocycles. The van der Waals surface area contributed by atoms with Crippen molar-refractivity contribution in [2.75, 3.05) is 0 Å². The third kappa shape index (κ3) is 4.28. The third-order valence-corrected chi connectivity index (χ3v) is 5.01. The summed E-state index contributed by atoms with van der Waals surface area (Å²) >= 11 is -0.826. The summed E-state index contributed by atoms with van der Waals surface area (Å²) < 4.78 is 0. The normalized spacial score (nSPS) is 11.8. The van der Waals surface area contributed by atoms with E-state index in [1.807, 2.05) is 0 Å². The van der Waals surface area contributed by atoms with Crippen LogP contribution in [-0.4, -0.2) is 0 Å². The van der Waals surface area contributed by atoms with Gasteiger partial charge in [0.25, 0.3) is 0 Å². The zero-order valence-corrected chi connectivity index (χ0v) is 18.9. The van der Waals surface area contributed by atoms with Crippen LogP contribution in [0, 0.1) is 0 Å². The first-order valence-electron chi connectivity index (χ1n) is 8.82. The summed E-state index contributed by atoms with van der Waals surface area (Å²) in [5, 5.41) is 5.32. The van der Waals surface area contributed by atoms with Gasteiger partial charge in [-0.1, -0.05) is 68.3 Å². The second-order valence-corrected chi connectivity index (χ2v) is 10.3. The van der Waals surface area contributed by atoms with Gasteiger partial charge in [-0.3, -0.25) is 0 Å². The van der Waals surface area contributed by atoms with Crippen molar-refractivity contribution in [3.63, 3.8) is 0 Å². The number of fused-ring (bicyclic) bond motifs is 2. The second kappa shape index (κ2) is 9.27. The fourth-order valence-electron chi connectivity index (χ4n) is 3.39. The Morgan fingerprint density at radius 2 is 1.65 bits per heavy atom. The molecular formula is C23H21Cl2Zr-. The van der Waals surface area contributed by atoms with Crippen LogP contribution >= 0.6 is 17.0 Å². The van der Waals surface area contributed by atoms with Crippen LogP contribution in [0.3, 0.4) is 0 Å². The Balaban J connectivity index is 0.000000613. The molecule has 0 saturated heterocycles. The molecule has 26 heavy (non-hydrogen) atoms. The average molecular weight is 460 g/mol. The maximum atomic E-state index is 4.93. The van der Waals surface area contributed by atoms with E-state index in [-0.39, 0.29) is 0 Å². The maximum absolute atomic E-state index is 4.93. The van der Waals surface area contributed by atoms with Crippen molar-refractivity contribution >= 4 is 38.6 Å². The van der Waals surface area contributed by atoms with Gasteiger partial charge in [0.05, 0.1) is 0 Å². The van der Waals surface area contributed by atoms with E-state index < -0.39 is 20.8 Å². The zero-order valence-electron chi connectivity index (χ0n) is 15.0. The van der Waals surface area contributed by atoms with Crippen molar-refractivity contribution < 1.29 is 20.8 Å². The van der Waals surface area contributed by atoms with Crippen LogP contribution in [0.25, 0.3) is 32.7 Å². The first kappa shape index (κ1) is 19.7. The van der Waals surface area contributed by atoms with Gasteiger partial charge >= 0.3 is 37.9 Å². The van der Waals surface area contributed by atoms with Crippen LogP contribution in [0.15, 0.2) is 72.8 Å². The van der Waals surface area contributed by atoms with Gasteiger partial charge in [-0.25, -0.2) is 0 Å². The predicted molar refractivity (Wildman–Crippen MR) is 113 cm³/mol. The Morgan fingerprint density at radius 1 is 0.923 bits per heavy atom. The van der Waals surface area contributed by atoms with E-state index in [0.717, 1.165) is 0 Å². The molecule has 0 heterocycles. The van der Waals surface area contributed by atoms with Crippen LogP contribution in [0.1, 0.15) is 31.7 Å². The predicted octanol–water partition coefficient (Wildman–Crippen LogP) is 8.27. The molecule has 1 unspecified atom stereocenters. The number of hydrogen-bond acceptors (Lipinski definition) is 0. The molecule has 0 amide bonds. The van der Waals surface area contributed by atoms with Crippen molar-refractivity contribution in [3.05, 3.63) is 78.4 Å². The van der Waals surface area contributed by atoms with Gasteiger partial charge in [-0.2, -0.15) is 6.07 Å². The van der Waals surface area contributed by atoms with E-state index in [1.54, 1.807) is 0 Å². The Hall–Kier alpha value is -1.01. The zero-order chi connectivity index (χ0) is 18.5. The number of benzene rings is 3. The van der Waals surface area contributed by atoms with Gasteiger partial charge in [0.1, 0.15) is 0 Å². The van der Waals surface area contributed by atoms with Gasteiger partial charge in [0, 0.05) is 0 Å². The topological polar surface area (TPSA) is 0 Å². The quantitative estimate of drug-likeness (QED) is 0.271. The standard InChI is InChI=1S/C23H21.2ClH.Zr/c1-3-16(2)21-14-19-9-6-10-22(23(19)15-21)20-12-11-17-7-4-5-8-18(17)13-20;;;/h4-16H,3H2,1-2H3;2*1H;/q-1;;;+2/p-2. The number of hydrogen-bond donors (Lipinski definition) is 0. The van der Waals surface area contributed by atoms with Crippen LogP contribution in [0.4, 0.5) is 0 Å². The molecule has 0 aliphatic rings. The van der Waals surface area contributed by atoms with E-state index in [4.69, 9.17) is 17.0 Å². The van der Waals surface area contributed by atoms with Crippen molar-refractivity contribution in [2.24, 2.45) is 0 Å². The molecule has 0 N–H and O–H groups in total. The molecule has 0 fully saturated rings. The first-order valence-corrected chi connectivity index (χ1v) is 15.2. The van der Waals surface area contributed by atoms with Crippen LogP contribution < -0.4 is 0 Å². The number of halogens is 2. The first-order chi connectivity index (χ1) is 12.7. The third-order valence-electron chi connectivity index (χ3n) is 5.01. The summed E-state index contributed by atoms with van der Waals surface area (Å²) in [5.41, 5.74) is 4.09. The SMILES string of the molecule is CCC(C)c1cc2c(-c3ccc4ccccc4c3)cccc2[cH-]1.[Cl][Zr][Cl]. The van der Waals surface area contributed by atoms with Crippen molar-refractivity contribution in [1.82, 2.24) is 0 Å². The molecule has 1 atom stereocenters. The Labute approximate surface area is 174 Å². The molecule has 0 radical (unpaired) electrons. The fourth-order valence-corrected chi connectivity index (χ4v) is 3.39. The van der Waals surface area contributed by atoms with Crippen LogP contribution in [-0.2, 0) is 20.8 Å². The summed E-state index contributed by atoms with van der Waals surface area (Å²) in [4.78, 5) is 0. The summed E-state index contributed by atoms with van der Waals surface area (Å²) in [6, 6.07) is 26.7. The van der Waals surface area contributed by atoms with Gasteiger partial charge in [-0.05, 0) is 28.3 Å². The van der Waals surface area contributed by atoms with E-state index >= 15 is 0 Å². The molecule has 0 bridgehead atoms. The van der Waals surface area contributed by atoms with Crippen molar-refractivity contribution in [2.45, 2.75) is 26.2 Å². The summed E-state index contributed by atoms with van der Waals surface area (Å²) in [5.74, 6) is 0.617. The summed E-state index contributed by atoms with van der Waals surface area (Å²) in [7, 11) is 9.87. The molecule has 3 heteroatoms. The van der Waals surface area contributed by atoms with E-state index in [1.165, 1.54) is 44.7 Å². The van der Waals surface area contributed by atoms with Gasteiger partial charge < -0.3 is 0 Å². The minimum absolute atomic E-state index is 0.617. The molecular weight excluding hydrogens is 438 g/mol. The van der Waals surface area contributed by atoms with E-state index in [0.29, 0.717) is 5.92 Å². The molecule has 0 saturated carbocycles. The fraction of sp³-hybridized carbons (Fsp3) is 0.174. The minimum atomic E-state index is -0.826. The molecule has 0 aliphatic carbocycles. The molecule has 0 aliphatic heterocycles. The second-order valence-electron chi connectivity index (χ2n) is 6.54. The van der Waals surface area contributed by atoms with Crippen LogP contribution in [0.5, 0.6) is 0 Å².